The number of amides is 1. The van der Waals surface area contributed by atoms with E-state index in [9.17, 15) is 25.0 Å². The third-order valence-electron chi connectivity index (χ3n) is 1.56. The number of para-hydroxylation sites is 2. The van der Waals surface area contributed by atoms with Gasteiger partial charge in [-0.3, -0.25) is 25.0 Å². The maximum Gasteiger partial charge on any atom is 0.346 e. The maximum atomic E-state index is 10.2. The van der Waals surface area contributed by atoms with E-state index in [1.807, 2.05) is 0 Å². The number of hydrogen-bond donors (Lipinski definition) is 1. The van der Waals surface area contributed by atoms with Crippen LogP contribution < -0.4 is 5.32 Å². The Morgan fingerprint density at radius 3 is 1.89 bits per heavy atom. The Hall–Kier alpha value is -2.95. The minimum absolute atomic E-state index is 0.323. The molecule has 1 N–H and O–H groups in total. The molecule has 8 nitrogen and oxygen atoms in total. The van der Waals surface area contributed by atoms with Crippen LogP contribution in [0.3, 0.4) is 0 Å². The summed E-state index contributed by atoms with van der Waals surface area (Å²) in [6.45, 7) is 0.323. The molecule has 8 heteroatoms. The molecule has 0 aliphatic rings. The van der Waals surface area contributed by atoms with Gasteiger partial charge in [-0.05, 0) is 0 Å². The van der Waals surface area contributed by atoms with Crippen LogP contribution in [0.1, 0.15) is 0 Å². The standard InChI is InChI=1S/C6H4N2O4.C4H5NO/c9-7(10)5-3-1-2-4-6(5)8(11)12;1-2-3-5-4-6/h1-4H;1,4H,3H2,(H,5,6). The Bertz CT molecular complexity index is 448. The highest BCUT2D eigenvalue weighted by atomic mass is 16.6. The highest BCUT2D eigenvalue weighted by Gasteiger charge is 2.21. The fourth-order valence-electron chi connectivity index (χ4n) is 0.874. The number of terminal acetylenes is 1. The molecule has 18 heavy (non-hydrogen) atoms. The molecule has 0 saturated carbocycles. The molecule has 0 aliphatic heterocycles. The number of rotatable bonds is 4. The second-order valence-corrected chi connectivity index (χ2v) is 2.71. The third-order valence-corrected chi connectivity index (χ3v) is 1.56. The fraction of sp³-hybridized carbons (Fsp3) is 0.100. The van der Waals surface area contributed by atoms with E-state index in [1.165, 1.54) is 12.1 Å². The van der Waals surface area contributed by atoms with E-state index in [1.54, 1.807) is 0 Å². The molecule has 0 atom stereocenters. The second-order valence-electron chi connectivity index (χ2n) is 2.71. The van der Waals surface area contributed by atoms with Crippen molar-refractivity contribution in [1.29, 1.82) is 0 Å². The van der Waals surface area contributed by atoms with Crippen LogP contribution in [0.25, 0.3) is 0 Å². The molecular formula is C10H9N3O5. The molecule has 1 rings (SSSR count). The number of carbonyl (C=O) groups excluding carboxylic acids is 1. The van der Waals surface area contributed by atoms with E-state index in [2.05, 4.69) is 11.2 Å². The monoisotopic (exact) mass is 251 g/mol. The first-order valence-corrected chi connectivity index (χ1v) is 4.53. The lowest BCUT2D eigenvalue weighted by Crippen LogP contribution is -2.09. The van der Waals surface area contributed by atoms with Crippen LogP contribution in [-0.2, 0) is 4.79 Å². The fourth-order valence-corrected chi connectivity index (χ4v) is 0.874. The molecule has 0 bridgehead atoms. The lowest BCUT2D eigenvalue weighted by Gasteiger charge is -1.91. The lowest BCUT2D eigenvalue weighted by atomic mass is 10.3. The van der Waals surface area contributed by atoms with Crippen molar-refractivity contribution >= 4 is 17.8 Å². The average molecular weight is 251 g/mol. The van der Waals surface area contributed by atoms with Crippen molar-refractivity contribution in [2.24, 2.45) is 0 Å². The van der Waals surface area contributed by atoms with Crippen LogP contribution in [0.4, 0.5) is 11.4 Å². The smallest absolute Gasteiger partial charge is 0.346 e. The Morgan fingerprint density at radius 1 is 1.22 bits per heavy atom. The quantitative estimate of drug-likeness (QED) is 0.280. The Balaban J connectivity index is 0.000000411. The highest BCUT2D eigenvalue weighted by molar-refractivity contribution is 5.51. The number of nitrogens with one attached hydrogen (secondary N) is 1. The van der Waals surface area contributed by atoms with Crippen LogP contribution in [0.5, 0.6) is 0 Å². The molecular weight excluding hydrogens is 242 g/mol. The number of nitro groups is 2. The van der Waals surface area contributed by atoms with E-state index in [-0.39, 0.29) is 0 Å². The molecule has 0 aliphatic carbocycles. The van der Waals surface area contributed by atoms with Gasteiger partial charge in [0.05, 0.1) is 16.4 Å². The zero-order chi connectivity index (χ0) is 14.0. The number of nitro benzene ring substituents is 2. The van der Waals surface area contributed by atoms with E-state index in [0.717, 1.165) is 12.1 Å². The molecule has 0 aromatic heterocycles. The largest absolute Gasteiger partial charge is 0.348 e. The molecule has 1 aromatic carbocycles. The zero-order valence-corrected chi connectivity index (χ0v) is 9.11. The summed E-state index contributed by atoms with van der Waals surface area (Å²) in [5, 5.41) is 22.7. The van der Waals surface area contributed by atoms with Crippen molar-refractivity contribution in [1.82, 2.24) is 5.32 Å². The lowest BCUT2D eigenvalue weighted by molar-refractivity contribution is -0.422. The topological polar surface area (TPSA) is 115 Å². The number of nitrogens with zero attached hydrogens (tertiary/aromatic N) is 2. The number of hydrogen-bond acceptors (Lipinski definition) is 5. The molecule has 94 valence electrons. The summed E-state index contributed by atoms with van der Waals surface area (Å²) in [7, 11) is 0. The van der Waals surface area contributed by atoms with Gasteiger partial charge in [0.2, 0.25) is 6.41 Å². The molecule has 0 heterocycles. The van der Waals surface area contributed by atoms with Crippen molar-refractivity contribution in [3.05, 3.63) is 44.5 Å². The van der Waals surface area contributed by atoms with Crippen LogP contribution in [0.2, 0.25) is 0 Å². The van der Waals surface area contributed by atoms with Crippen molar-refractivity contribution in [3.8, 4) is 12.3 Å². The van der Waals surface area contributed by atoms with Gasteiger partial charge in [-0.1, -0.05) is 18.1 Å². The van der Waals surface area contributed by atoms with Gasteiger partial charge in [-0.15, -0.1) is 6.42 Å². The summed E-state index contributed by atoms with van der Waals surface area (Å²) in [6, 6.07) is 4.95. The normalized spacial score (nSPS) is 8.17. The van der Waals surface area contributed by atoms with Gasteiger partial charge >= 0.3 is 11.4 Å². The number of benzene rings is 1. The summed E-state index contributed by atoms with van der Waals surface area (Å²) in [4.78, 5) is 28.3. The first-order valence-electron chi connectivity index (χ1n) is 4.53. The van der Waals surface area contributed by atoms with Crippen LogP contribution in [-0.4, -0.2) is 22.8 Å². The summed E-state index contributed by atoms with van der Waals surface area (Å²) >= 11 is 0. The van der Waals surface area contributed by atoms with Crippen LogP contribution in [0, 0.1) is 32.6 Å². The van der Waals surface area contributed by atoms with Crippen molar-refractivity contribution in [2.75, 3.05) is 6.54 Å². The van der Waals surface area contributed by atoms with Gasteiger partial charge in [0.1, 0.15) is 0 Å². The molecule has 1 amide bonds. The summed E-state index contributed by atoms with van der Waals surface area (Å²) in [5.74, 6) is 2.23. The molecule has 0 saturated heterocycles. The van der Waals surface area contributed by atoms with Gasteiger partial charge in [-0.2, -0.15) is 0 Å². The van der Waals surface area contributed by atoms with E-state index < -0.39 is 21.2 Å². The van der Waals surface area contributed by atoms with Crippen molar-refractivity contribution in [2.45, 2.75) is 0 Å². The summed E-state index contributed by atoms with van der Waals surface area (Å²) < 4.78 is 0. The Kier molecular flexibility index (Phi) is 6.88. The Morgan fingerprint density at radius 2 is 1.67 bits per heavy atom. The molecule has 0 unspecified atom stereocenters. The van der Waals surface area contributed by atoms with Gasteiger partial charge < -0.3 is 5.32 Å². The van der Waals surface area contributed by atoms with E-state index in [4.69, 9.17) is 6.42 Å². The predicted molar refractivity (Wildman–Crippen MR) is 62.7 cm³/mol. The molecule has 0 fully saturated rings. The SMILES string of the molecule is C#CCNC=O.O=[N+]([O-])c1ccccc1[N+](=O)[O-]. The predicted octanol–water partition coefficient (Wildman–Crippen LogP) is 0.869. The highest BCUT2D eigenvalue weighted by Crippen LogP contribution is 2.24. The average Bonchev–Trinajstić information content (AvgIpc) is 2.37. The minimum atomic E-state index is -0.780. The first-order chi connectivity index (χ1) is 8.54. The van der Waals surface area contributed by atoms with Crippen LogP contribution in [0.15, 0.2) is 24.3 Å². The van der Waals surface area contributed by atoms with Gasteiger partial charge in [0.25, 0.3) is 0 Å². The second kappa shape index (κ2) is 8.23. The zero-order valence-electron chi connectivity index (χ0n) is 9.11. The van der Waals surface area contributed by atoms with E-state index in [0.29, 0.717) is 13.0 Å². The van der Waals surface area contributed by atoms with Crippen molar-refractivity contribution < 1.29 is 14.6 Å². The van der Waals surface area contributed by atoms with Gasteiger partial charge in [0.15, 0.2) is 0 Å². The third kappa shape index (κ3) is 5.22. The minimum Gasteiger partial charge on any atom is -0.348 e. The molecule has 0 spiro atoms. The van der Waals surface area contributed by atoms with Gasteiger partial charge in [0, 0.05) is 12.1 Å². The van der Waals surface area contributed by atoms with Crippen LogP contribution >= 0.6 is 0 Å². The van der Waals surface area contributed by atoms with E-state index >= 15 is 0 Å². The summed E-state index contributed by atoms with van der Waals surface area (Å²) in [5.41, 5.74) is -0.968. The number of carbonyl (C=O) groups is 1. The van der Waals surface area contributed by atoms with Crippen molar-refractivity contribution in [3.63, 3.8) is 0 Å². The molecule has 1 aromatic rings. The first kappa shape index (κ1) is 15.0. The molecule has 0 radical (unpaired) electrons. The summed E-state index contributed by atoms with van der Waals surface area (Å²) in [6.07, 6.45) is 5.31. The Labute approximate surface area is 102 Å². The van der Waals surface area contributed by atoms with Gasteiger partial charge in [-0.25, -0.2) is 0 Å². The maximum absolute atomic E-state index is 10.2.